The molecule has 1 fully saturated rings. The molecule has 9 nitrogen and oxygen atoms in total. The monoisotopic (exact) mass is 444 g/mol. The van der Waals surface area contributed by atoms with Crippen LogP contribution >= 0.6 is 0 Å². The highest BCUT2D eigenvalue weighted by atomic mass is 32.2. The molecule has 0 saturated carbocycles. The first-order valence-electron chi connectivity index (χ1n) is 10.0. The second-order valence-electron chi connectivity index (χ2n) is 7.83. The average Bonchev–Trinajstić information content (AvgIpc) is 3.34. The molecular formula is C21H24N4O5S. The average molecular weight is 445 g/mol. The number of aromatic nitrogens is 3. The summed E-state index contributed by atoms with van der Waals surface area (Å²) in [6.07, 6.45) is 5.32. The lowest BCUT2D eigenvalue weighted by Crippen LogP contribution is -2.28. The molecule has 0 aliphatic carbocycles. The molecule has 1 aliphatic rings. The number of nitrogens with zero attached hydrogens (tertiary/aromatic N) is 4. The minimum atomic E-state index is -3.69. The molecule has 0 aromatic carbocycles. The standard InChI is InChI=1S/C21H24N4O5S/c1-14(2)30-19-6-5-16(10-23-19)31(28,29)25-9-7-15(11-25)18-12-24(13-20(26)27)21-17(18)4-3-8-22-21/h3-6,8,10,12,14-15H,7,9,11,13H2,1-2H3,(H,26,27). The van der Waals surface area contributed by atoms with Gasteiger partial charge in [-0.1, -0.05) is 0 Å². The number of rotatable bonds is 7. The first-order chi connectivity index (χ1) is 14.8. The number of hydrogen-bond donors (Lipinski definition) is 1. The minimum absolute atomic E-state index is 0.0481. The third kappa shape index (κ3) is 4.26. The Bertz CT molecular complexity index is 1200. The van der Waals surface area contributed by atoms with Crippen molar-refractivity contribution in [2.75, 3.05) is 13.1 Å². The third-order valence-corrected chi connectivity index (χ3v) is 7.11. The van der Waals surface area contributed by atoms with Crippen LogP contribution in [0.25, 0.3) is 11.0 Å². The Labute approximate surface area is 180 Å². The first-order valence-corrected chi connectivity index (χ1v) is 11.5. The molecule has 1 unspecified atom stereocenters. The Morgan fingerprint density at radius 2 is 2.10 bits per heavy atom. The summed E-state index contributed by atoms with van der Waals surface area (Å²) >= 11 is 0. The highest BCUT2D eigenvalue weighted by molar-refractivity contribution is 7.89. The van der Waals surface area contributed by atoms with Crippen molar-refractivity contribution < 1.29 is 23.1 Å². The van der Waals surface area contributed by atoms with E-state index in [-0.39, 0.29) is 23.5 Å². The van der Waals surface area contributed by atoms with Crippen molar-refractivity contribution in [1.29, 1.82) is 0 Å². The number of pyridine rings is 2. The van der Waals surface area contributed by atoms with Crippen LogP contribution in [0.5, 0.6) is 5.88 Å². The van der Waals surface area contributed by atoms with Crippen molar-refractivity contribution in [3.05, 3.63) is 48.4 Å². The smallest absolute Gasteiger partial charge is 0.323 e. The van der Waals surface area contributed by atoms with Gasteiger partial charge < -0.3 is 14.4 Å². The molecule has 0 spiro atoms. The van der Waals surface area contributed by atoms with E-state index in [0.29, 0.717) is 31.0 Å². The maximum atomic E-state index is 13.1. The van der Waals surface area contributed by atoms with Crippen LogP contribution in [0.3, 0.4) is 0 Å². The van der Waals surface area contributed by atoms with E-state index in [9.17, 15) is 18.3 Å². The van der Waals surface area contributed by atoms with Crippen LogP contribution in [0.2, 0.25) is 0 Å². The predicted octanol–water partition coefficient (Wildman–Crippen LogP) is 2.48. The molecular weight excluding hydrogens is 420 g/mol. The van der Waals surface area contributed by atoms with Crippen LogP contribution in [-0.2, 0) is 21.4 Å². The number of ether oxygens (including phenoxy) is 1. The fourth-order valence-electron chi connectivity index (χ4n) is 3.92. The summed E-state index contributed by atoms with van der Waals surface area (Å²) in [4.78, 5) is 19.8. The molecule has 10 heteroatoms. The summed E-state index contributed by atoms with van der Waals surface area (Å²) in [7, 11) is -3.69. The van der Waals surface area contributed by atoms with Gasteiger partial charge in [-0.25, -0.2) is 18.4 Å². The molecule has 3 aromatic rings. The number of aliphatic carboxylic acids is 1. The van der Waals surface area contributed by atoms with Gasteiger partial charge in [-0.3, -0.25) is 4.79 Å². The summed E-state index contributed by atoms with van der Waals surface area (Å²) in [6.45, 7) is 4.24. The van der Waals surface area contributed by atoms with Gasteiger partial charge in [0.2, 0.25) is 15.9 Å². The van der Waals surface area contributed by atoms with E-state index in [2.05, 4.69) is 9.97 Å². The fraction of sp³-hybridized carbons (Fsp3) is 0.381. The number of carbonyl (C=O) groups is 1. The SMILES string of the molecule is CC(C)Oc1ccc(S(=O)(=O)N2CCC(c3cn(CC(=O)O)c4ncccc34)C2)cn1. The van der Waals surface area contributed by atoms with E-state index in [1.54, 1.807) is 29.1 Å². The summed E-state index contributed by atoms with van der Waals surface area (Å²) in [6, 6.07) is 6.76. The van der Waals surface area contributed by atoms with Gasteiger partial charge in [-0.05, 0) is 44.0 Å². The second kappa shape index (κ2) is 8.27. The molecule has 1 aliphatic heterocycles. The molecule has 4 rings (SSSR count). The Kier molecular flexibility index (Phi) is 5.67. The van der Waals surface area contributed by atoms with Crippen molar-refractivity contribution in [3.63, 3.8) is 0 Å². The lowest BCUT2D eigenvalue weighted by molar-refractivity contribution is -0.137. The van der Waals surface area contributed by atoms with Gasteiger partial charge >= 0.3 is 5.97 Å². The van der Waals surface area contributed by atoms with Crippen LogP contribution in [-0.4, -0.2) is 57.5 Å². The van der Waals surface area contributed by atoms with E-state index < -0.39 is 16.0 Å². The van der Waals surface area contributed by atoms with Crippen LogP contribution in [0.1, 0.15) is 31.7 Å². The second-order valence-corrected chi connectivity index (χ2v) is 9.77. The Morgan fingerprint density at radius 1 is 1.29 bits per heavy atom. The lowest BCUT2D eigenvalue weighted by atomic mass is 9.99. The van der Waals surface area contributed by atoms with Crippen molar-refractivity contribution >= 4 is 27.0 Å². The number of carboxylic acids is 1. The fourth-order valence-corrected chi connectivity index (χ4v) is 5.37. The van der Waals surface area contributed by atoms with Gasteiger partial charge in [-0.2, -0.15) is 4.31 Å². The van der Waals surface area contributed by atoms with E-state index in [1.165, 1.54) is 16.6 Å². The van der Waals surface area contributed by atoms with Crippen LogP contribution in [0.4, 0.5) is 0 Å². The minimum Gasteiger partial charge on any atom is -0.480 e. The van der Waals surface area contributed by atoms with Crippen molar-refractivity contribution in [2.45, 2.75) is 43.7 Å². The molecule has 164 valence electrons. The van der Waals surface area contributed by atoms with Crippen molar-refractivity contribution in [3.8, 4) is 5.88 Å². The van der Waals surface area contributed by atoms with E-state index in [1.807, 2.05) is 19.9 Å². The van der Waals surface area contributed by atoms with Crippen LogP contribution < -0.4 is 4.74 Å². The van der Waals surface area contributed by atoms with Crippen LogP contribution in [0.15, 0.2) is 47.8 Å². The zero-order valence-electron chi connectivity index (χ0n) is 17.3. The Balaban J connectivity index is 1.57. The van der Waals surface area contributed by atoms with Crippen LogP contribution in [0, 0.1) is 0 Å². The lowest BCUT2D eigenvalue weighted by Gasteiger charge is -2.17. The maximum Gasteiger partial charge on any atom is 0.323 e. The van der Waals surface area contributed by atoms with E-state index >= 15 is 0 Å². The van der Waals surface area contributed by atoms with Gasteiger partial charge in [-0.15, -0.1) is 0 Å². The summed E-state index contributed by atoms with van der Waals surface area (Å²) < 4.78 is 34.8. The summed E-state index contributed by atoms with van der Waals surface area (Å²) in [5.41, 5.74) is 1.51. The Hall–Kier alpha value is -2.98. The topological polar surface area (TPSA) is 115 Å². The predicted molar refractivity (Wildman–Crippen MR) is 113 cm³/mol. The van der Waals surface area contributed by atoms with Gasteiger partial charge in [0.25, 0.3) is 0 Å². The molecule has 3 aromatic heterocycles. The van der Waals surface area contributed by atoms with Crippen molar-refractivity contribution in [1.82, 2.24) is 18.8 Å². The maximum absolute atomic E-state index is 13.1. The van der Waals surface area contributed by atoms with E-state index in [4.69, 9.17) is 4.74 Å². The van der Waals surface area contributed by atoms with Crippen molar-refractivity contribution in [2.24, 2.45) is 0 Å². The number of sulfonamides is 1. The first kappa shape index (κ1) is 21.3. The third-order valence-electron chi connectivity index (χ3n) is 5.26. The zero-order chi connectivity index (χ0) is 22.2. The molecule has 0 radical (unpaired) electrons. The number of carboxylic acid groups (broad SMARTS) is 1. The number of fused-ring (bicyclic) bond motifs is 1. The number of hydrogen-bond acceptors (Lipinski definition) is 6. The molecule has 1 saturated heterocycles. The quantitative estimate of drug-likeness (QED) is 0.595. The molecule has 1 N–H and O–H groups in total. The molecule has 1 atom stereocenters. The highest BCUT2D eigenvalue weighted by Crippen LogP contribution is 2.35. The molecule has 31 heavy (non-hydrogen) atoms. The van der Waals surface area contributed by atoms with Gasteiger partial charge in [0.05, 0.1) is 12.3 Å². The van der Waals surface area contributed by atoms with E-state index in [0.717, 1.165) is 10.9 Å². The zero-order valence-corrected chi connectivity index (χ0v) is 18.1. The Morgan fingerprint density at radius 3 is 2.77 bits per heavy atom. The van der Waals surface area contributed by atoms with Gasteiger partial charge in [0.15, 0.2) is 0 Å². The molecule has 0 amide bonds. The highest BCUT2D eigenvalue weighted by Gasteiger charge is 2.35. The van der Waals surface area contributed by atoms with Gasteiger partial charge in [0.1, 0.15) is 17.1 Å². The normalized spacial score (nSPS) is 17.5. The summed E-state index contributed by atoms with van der Waals surface area (Å²) in [5, 5.41) is 10.0. The largest absolute Gasteiger partial charge is 0.480 e. The molecule has 0 bridgehead atoms. The molecule has 4 heterocycles. The summed E-state index contributed by atoms with van der Waals surface area (Å²) in [5.74, 6) is -0.623. The van der Waals surface area contributed by atoms with Gasteiger partial charge in [0, 0.05) is 42.9 Å².